The lowest BCUT2D eigenvalue weighted by Crippen LogP contribution is -2.46. The molecule has 2 aromatic heterocycles. The number of carbonyl (C=O) groups excluding carboxylic acids is 1. The molecule has 3 aromatic rings. The predicted molar refractivity (Wildman–Crippen MR) is 132 cm³/mol. The van der Waals surface area contributed by atoms with Gasteiger partial charge in [-0.05, 0) is 82.3 Å². The van der Waals surface area contributed by atoms with E-state index >= 15 is 0 Å². The fourth-order valence-electron chi connectivity index (χ4n) is 4.99. The molecule has 5 nitrogen and oxygen atoms in total. The SMILES string of the molecule is Cc1cc(-c2[nH]c3ccc(C(=O)NC4CCN(C(C)C)CC4)cc3c2C(C)C)cc(C)n1. The molecule has 1 fully saturated rings. The highest BCUT2D eigenvalue weighted by Crippen LogP contribution is 2.36. The number of pyridine rings is 1. The first-order valence-corrected chi connectivity index (χ1v) is 11.9. The summed E-state index contributed by atoms with van der Waals surface area (Å²) in [7, 11) is 0. The van der Waals surface area contributed by atoms with E-state index in [-0.39, 0.29) is 11.9 Å². The van der Waals surface area contributed by atoms with E-state index in [1.807, 2.05) is 26.0 Å². The number of rotatable bonds is 5. The summed E-state index contributed by atoms with van der Waals surface area (Å²) in [4.78, 5) is 23.7. The fourth-order valence-corrected chi connectivity index (χ4v) is 4.99. The van der Waals surface area contributed by atoms with E-state index in [9.17, 15) is 4.79 Å². The Morgan fingerprint density at radius 1 is 1.06 bits per heavy atom. The Labute approximate surface area is 191 Å². The highest BCUT2D eigenvalue weighted by molar-refractivity contribution is 6.00. The minimum absolute atomic E-state index is 0.0305. The van der Waals surface area contributed by atoms with E-state index in [0.29, 0.717) is 12.0 Å². The molecular formula is C27H36N4O. The lowest BCUT2D eigenvalue weighted by atomic mass is 9.95. The van der Waals surface area contributed by atoms with Crippen LogP contribution in [0.2, 0.25) is 0 Å². The van der Waals surface area contributed by atoms with E-state index in [1.165, 1.54) is 5.56 Å². The van der Waals surface area contributed by atoms with E-state index in [4.69, 9.17) is 0 Å². The number of carbonyl (C=O) groups is 1. The highest BCUT2D eigenvalue weighted by Gasteiger charge is 2.23. The van der Waals surface area contributed by atoms with Gasteiger partial charge in [-0.2, -0.15) is 0 Å². The normalized spacial score (nSPS) is 15.8. The van der Waals surface area contributed by atoms with Crippen molar-refractivity contribution in [3.63, 3.8) is 0 Å². The highest BCUT2D eigenvalue weighted by atomic mass is 16.1. The van der Waals surface area contributed by atoms with Gasteiger partial charge in [0.2, 0.25) is 0 Å². The molecule has 4 rings (SSSR count). The first-order chi connectivity index (χ1) is 15.2. The molecule has 5 heteroatoms. The molecular weight excluding hydrogens is 396 g/mol. The summed E-state index contributed by atoms with van der Waals surface area (Å²) >= 11 is 0. The third-order valence-electron chi connectivity index (χ3n) is 6.64. The molecule has 0 spiro atoms. The lowest BCUT2D eigenvalue weighted by Gasteiger charge is -2.34. The minimum Gasteiger partial charge on any atom is -0.354 e. The number of aromatic amines is 1. The fraction of sp³-hybridized carbons (Fsp3) is 0.481. The Morgan fingerprint density at radius 2 is 1.72 bits per heavy atom. The van der Waals surface area contributed by atoms with Gasteiger partial charge in [0.15, 0.2) is 0 Å². The van der Waals surface area contributed by atoms with Gasteiger partial charge < -0.3 is 15.2 Å². The molecule has 170 valence electrons. The molecule has 1 aliphatic heterocycles. The number of piperidine rings is 1. The molecule has 1 aliphatic rings. The number of H-pyrrole nitrogens is 1. The largest absolute Gasteiger partial charge is 0.354 e. The van der Waals surface area contributed by atoms with Crippen LogP contribution >= 0.6 is 0 Å². The summed E-state index contributed by atoms with van der Waals surface area (Å²) in [6.45, 7) is 15.0. The Hall–Kier alpha value is -2.66. The van der Waals surface area contributed by atoms with Crippen LogP contribution in [0.5, 0.6) is 0 Å². The number of fused-ring (bicyclic) bond motifs is 1. The van der Waals surface area contributed by atoms with Crippen molar-refractivity contribution in [1.82, 2.24) is 20.2 Å². The minimum atomic E-state index is 0.0305. The molecule has 1 aromatic carbocycles. The molecule has 0 unspecified atom stereocenters. The van der Waals surface area contributed by atoms with Crippen LogP contribution in [0, 0.1) is 13.8 Å². The Balaban J connectivity index is 1.62. The van der Waals surface area contributed by atoms with E-state index in [1.54, 1.807) is 0 Å². The zero-order chi connectivity index (χ0) is 23.0. The van der Waals surface area contributed by atoms with Crippen LogP contribution in [-0.4, -0.2) is 45.9 Å². The smallest absolute Gasteiger partial charge is 0.251 e. The number of benzene rings is 1. The van der Waals surface area contributed by atoms with Crippen molar-refractivity contribution in [3.05, 3.63) is 52.8 Å². The van der Waals surface area contributed by atoms with Gasteiger partial charge in [0.1, 0.15) is 0 Å². The van der Waals surface area contributed by atoms with E-state index in [0.717, 1.165) is 65.0 Å². The summed E-state index contributed by atoms with van der Waals surface area (Å²) in [5, 5.41) is 4.41. The van der Waals surface area contributed by atoms with Crippen LogP contribution in [0.15, 0.2) is 30.3 Å². The summed E-state index contributed by atoms with van der Waals surface area (Å²) < 4.78 is 0. The van der Waals surface area contributed by atoms with Gasteiger partial charge >= 0.3 is 0 Å². The molecule has 3 heterocycles. The number of aryl methyl sites for hydroxylation is 2. The van der Waals surface area contributed by atoms with Crippen LogP contribution < -0.4 is 5.32 Å². The van der Waals surface area contributed by atoms with Crippen LogP contribution in [0.4, 0.5) is 0 Å². The molecule has 32 heavy (non-hydrogen) atoms. The summed E-state index contributed by atoms with van der Waals surface area (Å²) in [5.74, 6) is 0.356. The van der Waals surface area contributed by atoms with Gasteiger partial charge in [0.05, 0.1) is 5.69 Å². The topological polar surface area (TPSA) is 61.0 Å². The van der Waals surface area contributed by atoms with Gasteiger partial charge in [-0.25, -0.2) is 0 Å². The molecule has 0 aliphatic carbocycles. The van der Waals surface area contributed by atoms with Gasteiger partial charge in [0, 0.05) is 58.6 Å². The van der Waals surface area contributed by atoms with Crippen molar-refractivity contribution in [3.8, 4) is 11.3 Å². The second-order valence-electron chi connectivity index (χ2n) is 9.84. The molecule has 0 radical (unpaired) electrons. The van der Waals surface area contributed by atoms with Crippen LogP contribution in [0.3, 0.4) is 0 Å². The number of hydrogen-bond acceptors (Lipinski definition) is 3. The van der Waals surface area contributed by atoms with Crippen molar-refractivity contribution in [2.24, 2.45) is 0 Å². The second-order valence-corrected chi connectivity index (χ2v) is 9.84. The number of aromatic nitrogens is 2. The quantitative estimate of drug-likeness (QED) is 0.554. The molecule has 1 amide bonds. The van der Waals surface area contributed by atoms with Gasteiger partial charge in [-0.1, -0.05) is 13.8 Å². The number of nitrogens with one attached hydrogen (secondary N) is 2. The van der Waals surface area contributed by atoms with E-state index < -0.39 is 0 Å². The molecule has 0 atom stereocenters. The standard InChI is InChI=1S/C27H36N4O/c1-16(2)25-23-15-20(27(32)29-22-9-11-31(12-10-22)17(3)4)7-8-24(23)30-26(25)21-13-18(5)28-19(6)14-21/h7-8,13-17,22,30H,9-12H2,1-6H3,(H,29,32). The maximum atomic E-state index is 13.1. The Bertz CT molecular complexity index is 1100. The Morgan fingerprint density at radius 3 is 2.31 bits per heavy atom. The van der Waals surface area contributed by atoms with Gasteiger partial charge in [-0.3, -0.25) is 9.78 Å². The number of nitrogens with zero attached hydrogens (tertiary/aromatic N) is 2. The lowest BCUT2D eigenvalue weighted by molar-refractivity contribution is 0.0901. The van der Waals surface area contributed by atoms with E-state index in [2.05, 4.69) is 66.1 Å². The molecule has 2 N–H and O–H groups in total. The van der Waals surface area contributed by atoms with Gasteiger partial charge in [-0.15, -0.1) is 0 Å². The third kappa shape index (κ3) is 4.58. The third-order valence-corrected chi connectivity index (χ3v) is 6.64. The second kappa shape index (κ2) is 9.07. The molecule has 0 bridgehead atoms. The summed E-state index contributed by atoms with van der Waals surface area (Å²) in [6.07, 6.45) is 2.02. The first-order valence-electron chi connectivity index (χ1n) is 11.9. The average Bonchev–Trinajstić information content (AvgIpc) is 3.12. The van der Waals surface area contributed by atoms with Crippen molar-refractivity contribution in [2.75, 3.05) is 13.1 Å². The maximum Gasteiger partial charge on any atom is 0.251 e. The number of amides is 1. The van der Waals surface area contributed by atoms with Crippen molar-refractivity contribution in [1.29, 1.82) is 0 Å². The average molecular weight is 433 g/mol. The number of hydrogen-bond donors (Lipinski definition) is 2. The maximum absolute atomic E-state index is 13.1. The Kier molecular flexibility index (Phi) is 6.38. The zero-order valence-electron chi connectivity index (χ0n) is 20.2. The monoisotopic (exact) mass is 432 g/mol. The van der Waals surface area contributed by atoms with Crippen LogP contribution in [0.1, 0.15) is 73.8 Å². The zero-order valence-corrected chi connectivity index (χ0v) is 20.2. The molecule has 1 saturated heterocycles. The van der Waals surface area contributed by atoms with Crippen molar-refractivity contribution in [2.45, 2.75) is 72.4 Å². The van der Waals surface area contributed by atoms with Crippen molar-refractivity contribution >= 4 is 16.8 Å². The predicted octanol–water partition coefficient (Wildman–Crippen LogP) is 5.57. The summed E-state index contributed by atoms with van der Waals surface area (Å²) in [5.41, 5.74) is 7.36. The van der Waals surface area contributed by atoms with Crippen LogP contribution in [0.25, 0.3) is 22.2 Å². The van der Waals surface area contributed by atoms with Gasteiger partial charge in [0.25, 0.3) is 5.91 Å². The van der Waals surface area contributed by atoms with Crippen molar-refractivity contribution < 1.29 is 4.79 Å². The number of likely N-dealkylation sites (tertiary alicyclic amines) is 1. The molecule has 0 saturated carbocycles. The summed E-state index contributed by atoms with van der Waals surface area (Å²) in [6, 6.07) is 11.1. The first kappa shape index (κ1) is 22.5. The van der Waals surface area contributed by atoms with Crippen LogP contribution in [-0.2, 0) is 0 Å².